The number of aromatic nitrogens is 1. The van der Waals surface area contributed by atoms with Crippen LogP contribution in [0, 0.1) is 0 Å². The van der Waals surface area contributed by atoms with Gasteiger partial charge in [-0.25, -0.2) is 4.98 Å². The summed E-state index contributed by atoms with van der Waals surface area (Å²) >= 11 is 1.67. The van der Waals surface area contributed by atoms with E-state index in [0.29, 0.717) is 0 Å². The van der Waals surface area contributed by atoms with Gasteiger partial charge < -0.3 is 14.8 Å². The molecule has 0 atom stereocenters. The fourth-order valence-corrected chi connectivity index (χ4v) is 2.39. The van der Waals surface area contributed by atoms with Crippen LogP contribution in [0.1, 0.15) is 10.6 Å². The molecule has 1 N–H and O–H groups in total. The average molecular weight is 278 g/mol. The fourth-order valence-electron chi connectivity index (χ4n) is 1.80. The van der Waals surface area contributed by atoms with Crippen LogP contribution in [0.15, 0.2) is 29.8 Å². The second-order valence-corrected chi connectivity index (χ2v) is 5.02. The summed E-state index contributed by atoms with van der Waals surface area (Å²) in [5.41, 5.74) is 1.23. The Balaban J connectivity index is 1.82. The van der Waals surface area contributed by atoms with Gasteiger partial charge in [-0.2, -0.15) is 0 Å². The van der Waals surface area contributed by atoms with Crippen LogP contribution in [0.2, 0.25) is 0 Å². The predicted octanol–water partition coefficient (Wildman–Crippen LogP) is 2.49. The SMILES string of the molecule is COc1ccc(CCNCc2nccs2)cc1OC. The molecule has 1 aromatic carbocycles. The van der Waals surface area contributed by atoms with Gasteiger partial charge in [0.05, 0.1) is 14.2 Å². The van der Waals surface area contributed by atoms with E-state index >= 15 is 0 Å². The van der Waals surface area contributed by atoms with E-state index in [1.54, 1.807) is 25.6 Å². The van der Waals surface area contributed by atoms with Crippen LogP contribution < -0.4 is 14.8 Å². The van der Waals surface area contributed by atoms with E-state index < -0.39 is 0 Å². The van der Waals surface area contributed by atoms with Crippen molar-refractivity contribution in [3.63, 3.8) is 0 Å². The molecule has 0 aliphatic rings. The molecule has 0 spiro atoms. The van der Waals surface area contributed by atoms with Gasteiger partial charge in [0.1, 0.15) is 5.01 Å². The highest BCUT2D eigenvalue weighted by atomic mass is 32.1. The zero-order valence-corrected chi connectivity index (χ0v) is 12.0. The van der Waals surface area contributed by atoms with Crippen LogP contribution in [0.5, 0.6) is 11.5 Å². The number of methoxy groups -OCH3 is 2. The third-order valence-corrected chi connectivity index (χ3v) is 3.58. The first-order valence-electron chi connectivity index (χ1n) is 6.13. The normalized spacial score (nSPS) is 10.4. The topological polar surface area (TPSA) is 43.4 Å². The van der Waals surface area contributed by atoms with Crippen LogP contribution in [-0.4, -0.2) is 25.7 Å². The van der Waals surface area contributed by atoms with Crippen molar-refractivity contribution in [2.45, 2.75) is 13.0 Å². The largest absolute Gasteiger partial charge is 0.493 e. The minimum atomic E-state index is 0.766. The van der Waals surface area contributed by atoms with Gasteiger partial charge in [-0.15, -0.1) is 11.3 Å². The van der Waals surface area contributed by atoms with Crippen molar-refractivity contribution in [3.05, 3.63) is 40.3 Å². The number of nitrogens with zero attached hydrogens (tertiary/aromatic N) is 1. The van der Waals surface area contributed by atoms with Gasteiger partial charge in [-0.05, 0) is 30.7 Å². The molecule has 0 amide bonds. The third-order valence-electron chi connectivity index (χ3n) is 2.80. The first-order chi connectivity index (χ1) is 9.33. The standard InChI is InChI=1S/C14H18N2O2S/c1-17-12-4-3-11(9-13(12)18-2)5-6-15-10-14-16-7-8-19-14/h3-4,7-9,15H,5-6,10H2,1-2H3. The number of ether oxygens (including phenoxy) is 2. The molecule has 0 unspecified atom stereocenters. The van der Waals surface area contributed by atoms with E-state index in [0.717, 1.165) is 36.0 Å². The summed E-state index contributed by atoms with van der Waals surface area (Å²) in [4.78, 5) is 4.23. The lowest BCUT2D eigenvalue weighted by molar-refractivity contribution is 0.354. The Kier molecular flexibility index (Phi) is 5.18. The fraction of sp³-hybridized carbons (Fsp3) is 0.357. The minimum Gasteiger partial charge on any atom is -0.493 e. The van der Waals surface area contributed by atoms with Gasteiger partial charge >= 0.3 is 0 Å². The molecule has 1 heterocycles. The highest BCUT2D eigenvalue weighted by Crippen LogP contribution is 2.27. The highest BCUT2D eigenvalue weighted by molar-refractivity contribution is 7.09. The maximum Gasteiger partial charge on any atom is 0.160 e. The van der Waals surface area contributed by atoms with Crippen LogP contribution in [0.25, 0.3) is 0 Å². The second-order valence-electron chi connectivity index (χ2n) is 4.04. The van der Waals surface area contributed by atoms with Gasteiger partial charge in [0.15, 0.2) is 11.5 Å². The number of hydrogen-bond acceptors (Lipinski definition) is 5. The van der Waals surface area contributed by atoms with Gasteiger partial charge in [-0.1, -0.05) is 6.07 Å². The van der Waals surface area contributed by atoms with Crippen LogP contribution in [-0.2, 0) is 13.0 Å². The van der Waals surface area contributed by atoms with Gasteiger partial charge in [-0.3, -0.25) is 0 Å². The lowest BCUT2D eigenvalue weighted by Crippen LogP contribution is -2.16. The van der Waals surface area contributed by atoms with Crippen molar-refractivity contribution in [1.29, 1.82) is 0 Å². The number of thiazole rings is 1. The van der Waals surface area contributed by atoms with Gasteiger partial charge in [0.2, 0.25) is 0 Å². The first-order valence-corrected chi connectivity index (χ1v) is 7.01. The number of rotatable bonds is 7. The molecular formula is C14H18N2O2S. The Labute approximate surface area is 117 Å². The molecule has 4 nitrogen and oxygen atoms in total. The maximum atomic E-state index is 5.29. The molecule has 0 aliphatic heterocycles. The lowest BCUT2D eigenvalue weighted by Gasteiger charge is -2.09. The summed E-state index contributed by atoms with van der Waals surface area (Å²) in [5.74, 6) is 1.54. The van der Waals surface area contributed by atoms with Crippen LogP contribution in [0.3, 0.4) is 0 Å². The van der Waals surface area contributed by atoms with Crippen molar-refractivity contribution in [2.75, 3.05) is 20.8 Å². The number of benzene rings is 1. The summed E-state index contributed by atoms with van der Waals surface area (Å²) in [7, 11) is 3.30. The van der Waals surface area contributed by atoms with E-state index in [-0.39, 0.29) is 0 Å². The van der Waals surface area contributed by atoms with Crippen LogP contribution >= 0.6 is 11.3 Å². The molecule has 0 saturated heterocycles. The van der Waals surface area contributed by atoms with E-state index in [2.05, 4.69) is 16.4 Å². The molecule has 0 aliphatic carbocycles. The Morgan fingerprint density at radius 1 is 1.21 bits per heavy atom. The van der Waals surface area contributed by atoms with Crippen molar-refractivity contribution >= 4 is 11.3 Å². The quantitative estimate of drug-likeness (QED) is 0.790. The lowest BCUT2D eigenvalue weighted by atomic mass is 10.1. The molecule has 1 aromatic heterocycles. The summed E-state index contributed by atoms with van der Waals surface area (Å²) in [6.45, 7) is 1.74. The Morgan fingerprint density at radius 3 is 2.74 bits per heavy atom. The Morgan fingerprint density at radius 2 is 2.05 bits per heavy atom. The second kappa shape index (κ2) is 7.11. The summed E-state index contributed by atoms with van der Waals surface area (Å²) < 4.78 is 10.5. The van der Waals surface area contributed by atoms with Crippen LogP contribution in [0.4, 0.5) is 0 Å². The van der Waals surface area contributed by atoms with Gasteiger partial charge in [0.25, 0.3) is 0 Å². The first kappa shape index (κ1) is 13.8. The summed E-state index contributed by atoms with van der Waals surface area (Å²) in [6.07, 6.45) is 2.78. The number of hydrogen-bond donors (Lipinski definition) is 1. The molecule has 0 fully saturated rings. The van der Waals surface area contributed by atoms with Crippen molar-refractivity contribution in [3.8, 4) is 11.5 Å². The van der Waals surface area contributed by atoms with Crippen molar-refractivity contribution in [1.82, 2.24) is 10.3 Å². The molecule has 0 radical (unpaired) electrons. The average Bonchev–Trinajstić information content (AvgIpc) is 2.96. The molecule has 19 heavy (non-hydrogen) atoms. The molecule has 0 bridgehead atoms. The zero-order valence-electron chi connectivity index (χ0n) is 11.2. The molecule has 0 saturated carbocycles. The zero-order chi connectivity index (χ0) is 13.5. The highest BCUT2D eigenvalue weighted by Gasteiger charge is 2.04. The smallest absolute Gasteiger partial charge is 0.160 e. The molecule has 2 aromatic rings. The van der Waals surface area contributed by atoms with E-state index in [1.807, 2.05) is 23.7 Å². The summed E-state index contributed by atoms with van der Waals surface area (Å²) in [6, 6.07) is 6.02. The van der Waals surface area contributed by atoms with Crippen molar-refractivity contribution < 1.29 is 9.47 Å². The molecular weight excluding hydrogens is 260 g/mol. The third kappa shape index (κ3) is 3.94. The maximum absolute atomic E-state index is 5.29. The molecule has 2 rings (SSSR count). The molecule has 5 heteroatoms. The summed E-state index contributed by atoms with van der Waals surface area (Å²) in [5, 5.41) is 6.49. The van der Waals surface area contributed by atoms with Crippen molar-refractivity contribution in [2.24, 2.45) is 0 Å². The van der Waals surface area contributed by atoms with E-state index in [4.69, 9.17) is 9.47 Å². The monoisotopic (exact) mass is 278 g/mol. The Hall–Kier alpha value is -1.59. The van der Waals surface area contributed by atoms with E-state index in [1.165, 1.54) is 5.56 Å². The minimum absolute atomic E-state index is 0.766. The Bertz CT molecular complexity index is 500. The predicted molar refractivity (Wildman–Crippen MR) is 77.1 cm³/mol. The number of nitrogens with one attached hydrogen (secondary N) is 1. The van der Waals surface area contributed by atoms with Gasteiger partial charge in [0, 0.05) is 18.1 Å². The molecule has 102 valence electrons. The van der Waals surface area contributed by atoms with E-state index in [9.17, 15) is 0 Å².